The summed E-state index contributed by atoms with van der Waals surface area (Å²) < 4.78 is 12.3. The molecule has 0 aromatic heterocycles. The lowest BCUT2D eigenvalue weighted by Gasteiger charge is -2.41. The van der Waals surface area contributed by atoms with Crippen molar-refractivity contribution in [3.8, 4) is 0 Å². The fourth-order valence-corrected chi connectivity index (χ4v) is 3.86. The SMILES string of the molecule is CC(C)CC1C2OCCC1(CC(C)C)OC2C. The van der Waals surface area contributed by atoms with Crippen molar-refractivity contribution in [2.24, 2.45) is 17.8 Å². The van der Waals surface area contributed by atoms with Crippen LogP contribution in [0.4, 0.5) is 0 Å². The van der Waals surface area contributed by atoms with E-state index in [0.717, 1.165) is 18.9 Å². The first kappa shape index (κ1) is 13.4. The Morgan fingerprint density at radius 2 is 1.88 bits per heavy atom. The summed E-state index contributed by atoms with van der Waals surface area (Å²) in [6.45, 7) is 12.3. The molecule has 0 amide bonds. The van der Waals surface area contributed by atoms with Crippen molar-refractivity contribution in [2.75, 3.05) is 6.61 Å². The van der Waals surface area contributed by atoms with Crippen LogP contribution >= 0.6 is 0 Å². The fourth-order valence-electron chi connectivity index (χ4n) is 3.86. The zero-order valence-corrected chi connectivity index (χ0v) is 12.0. The first-order valence-electron chi connectivity index (χ1n) is 7.24. The molecule has 2 fully saturated rings. The van der Waals surface area contributed by atoms with Gasteiger partial charge in [-0.05, 0) is 31.6 Å². The second-order valence-corrected chi connectivity index (χ2v) is 6.81. The molecule has 0 radical (unpaired) electrons. The van der Waals surface area contributed by atoms with Gasteiger partial charge in [0.2, 0.25) is 0 Å². The van der Waals surface area contributed by atoms with Gasteiger partial charge in [0, 0.05) is 18.9 Å². The highest BCUT2D eigenvalue weighted by Gasteiger charge is 2.56. The molecule has 0 aromatic carbocycles. The highest BCUT2D eigenvalue weighted by Crippen LogP contribution is 2.49. The quantitative estimate of drug-likeness (QED) is 0.747. The van der Waals surface area contributed by atoms with Gasteiger partial charge in [-0.3, -0.25) is 0 Å². The Hall–Kier alpha value is -0.0800. The summed E-state index contributed by atoms with van der Waals surface area (Å²) in [6, 6.07) is 0. The summed E-state index contributed by atoms with van der Waals surface area (Å²) in [4.78, 5) is 0. The Bertz CT molecular complexity index is 258. The van der Waals surface area contributed by atoms with Crippen LogP contribution in [0.2, 0.25) is 0 Å². The molecular weight excluding hydrogens is 212 g/mol. The Balaban J connectivity index is 2.19. The maximum Gasteiger partial charge on any atom is 0.0889 e. The molecule has 100 valence electrons. The molecule has 0 aromatic rings. The van der Waals surface area contributed by atoms with Crippen molar-refractivity contribution in [3.63, 3.8) is 0 Å². The summed E-state index contributed by atoms with van der Waals surface area (Å²) in [7, 11) is 0. The average molecular weight is 240 g/mol. The lowest BCUT2D eigenvalue weighted by Crippen LogP contribution is -2.46. The summed E-state index contributed by atoms with van der Waals surface area (Å²) >= 11 is 0. The van der Waals surface area contributed by atoms with Crippen molar-refractivity contribution in [1.82, 2.24) is 0 Å². The Morgan fingerprint density at radius 1 is 1.18 bits per heavy atom. The van der Waals surface area contributed by atoms with E-state index in [1.807, 2.05) is 0 Å². The second-order valence-electron chi connectivity index (χ2n) is 6.81. The summed E-state index contributed by atoms with van der Waals surface area (Å²) in [5, 5.41) is 0. The third-order valence-corrected chi connectivity index (χ3v) is 4.27. The topological polar surface area (TPSA) is 18.5 Å². The molecule has 2 bridgehead atoms. The van der Waals surface area contributed by atoms with Gasteiger partial charge < -0.3 is 9.47 Å². The number of ether oxygens (including phenoxy) is 2. The van der Waals surface area contributed by atoms with E-state index in [9.17, 15) is 0 Å². The minimum atomic E-state index is 0.112. The minimum Gasteiger partial charge on any atom is -0.375 e. The average Bonchev–Trinajstić information content (AvgIpc) is 2.35. The predicted octanol–water partition coefficient (Wildman–Crippen LogP) is 3.64. The summed E-state index contributed by atoms with van der Waals surface area (Å²) in [6.07, 6.45) is 4.13. The van der Waals surface area contributed by atoms with Crippen LogP contribution < -0.4 is 0 Å². The van der Waals surface area contributed by atoms with Crippen LogP contribution in [0.1, 0.15) is 53.9 Å². The third kappa shape index (κ3) is 2.53. The van der Waals surface area contributed by atoms with Gasteiger partial charge in [0.25, 0.3) is 0 Å². The first-order chi connectivity index (χ1) is 7.94. The van der Waals surface area contributed by atoms with Crippen LogP contribution in [0.3, 0.4) is 0 Å². The zero-order chi connectivity index (χ0) is 12.6. The molecule has 17 heavy (non-hydrogen) atoms. The van der Waals surface area contributed by atoms with Gasteiger partial charge >= 0.3 is 0 Å². The smallest absolute Gasteiger partial charge is 0.0889 e. The molecule has 4 unspecified atom stereocenters. The molecule has 2 aliphatic rings. The molecule has 2 heterocycles. The number of fused-ring (bicyclic) bond motifs is 2. The van der Waals surface area contributed by atoms with Crippen molar-refractivity contribution < 1.29 is 9.47 Å². The van der Waals surface area contributed by atoms with Crippen LogP contribution in [0, 0.1) is 17.8 Å². The zero-order valence-electron chi connectivity index (χ0n) is 12.0. The first-order valence-corrected chi connectivity index (χ1v) is 7.24. The highest BCUT2D eigenvalue weighted by atomic mass is 16.6. The maximum atomic E-state index is 6.37. The lowest BCUT2D eigenvalue weighted by molar-refractivity contribution is -0.0926. The molecule has 0 N–H and O–H groups in total. The normalized spacial score (nSPS) is 41.5. The van der Waals surface area contributed by atoms with Gasteiger partial charge in [0.05, 0.1) is 17.8 Å². The largest absolute Gasteiger partial charge is 0.375 e. The molecule has 0 aliphatic carbocycles. The van der Waals surface area contributed by atoms with Gasteiger partial charge in [-0.25, -0.2) is 0 Å². The molecule has 2 saturated heterocycles. The van der Waals surface area contributed by atoms with E-state index in [1.165, 1.54) is 12.8 Å². The van der Waals surface area contributed by atoms with E-state index in [0.29, 0.717) is 17.9 Å². The van der Waals surface area contributed by atoms with Gasteiger partial charge in [0.1, 0.15) is 0 Å². The molecule has 2 aliphatic heterocycles. The van der Waals surface area contributed by atoms with Crippen molar-refractivity contribution in [2.45, 2.75) is 71.7 Å². The molecular formula is C15H28O2. The number of hydrogen-bond acceptors (Lipinski definition) is 2. The number of hydrogen-bond donors (Lipinski definition) is 0. The standard InChI is InChI=1S/C15H28O2/c1-10(2)8-13-14-12(5)17-15(13,6-7-16-14)9-11(3)4/h10-14H,6-9H2,1-5H3. The van der Waals surface area contributed by atoms with Crippen LogP contribution in [-0.4, -0.2) is 24.4 Å². The Labute approximate surface area is 106 Å². The van der Waals surface area contributed by atoms with Crippen LogP contribution in [0.25, 0.3) is 0 Å². The number of rotatable bonds is 4. The molecule has 0 saturated carbocycles. The van der Waals surface area contributed by atoms with Gasteiger partial charge in [0.15, 0.2) is 0 Å². The van der Waals surface area contributed by atoms with E-state index >= 15 is 0 Å². The minimum absolute atomic E-state index is 0.112. The lowest BCUT2D eigenvalue weighted by atomic mass is 9.72. The predicted molar refractivity (Wildman–Crippen MR) is 70.0 cm³/mol. The van der Waals surface area contributed by atoms with Crippen LogP contribution in [0.5, 0.6) is 0 Å². The molecule has 2 rings (SSSR count). The van der Waals surface area contributed by atoms with E-state index in [4.69, 9.17) is 9.47 Å². The van der Waals surface area contributed by atoms with Crippen molar-refractivity contribution in [1.29, 1.82) is 0 Å². The van der Waals surface area contributed by atoms with Crippen molar-refractivity contribution in [3.05, 3.63) is 0 Å². The summed E-state index contributed by atoms with van der Waals surface area (Å²) in [5.41, 5.74) is 0.112. The van der Waals surface area contributed by atoms with Crippen molar-refractivity contribution >= 4 is 0 Å². The Morgan fingerprint density at radius 3 is 2.47 bits per heavy atom. The maximum absolute atomic E-state index is 6.37. The second kappa shape index (κ2) is 4.89. The fraction of sp³-hybridized carbons (Fsp3) is 1.00. The highest BCUT2D eigenvalue weighted by molar-refractivity contribution is 5.04. The van der Waals surface area contributed by atoms with E-state index in [2.05, 4.69) is 34.6 Å². The van der Waals surface area contributed by atoms with Gasteiger partial charge in [-0.15, -0.1) is 0 Å². The Kier molecular flexibility index (Phi) is 3.84. The van der Waals surface area contributed by atoms with E-state index in [1.54, 1.807) is 0 Å². The van der Waals surface area contributed by atoms with E-state index < -0.39 is 0 Å². The van der Waals surface area contributed by atoms with Crippen LogP contribution in [-0.2, 0) is 9.47 Å². The molecule has 2 nitrogen and oxygen atoms in total. The third-order valence-electron chi connectivity index (χ3n) is 4.27. The molecule has 0 spiro atoms. The van der Waals surface area contributed by atoms with E-state index in [-0.39, 0.29) is 11.7 Å². The monoisotopic (exact) mass is 240 g/mol. The van der Waals surface area contributed by atoms with Crippen LogP contribution in [0.15, 0.2) is 0 Å². The summed E-state index contributed by atoms with van der Waals surface area (Å²) in [5.74, 6) is 2.03. The molecule has 4 atom stereocenters. The van der Waals surface area contributed by atoms with Gasteiger partial charge in [-0.1, -0.05) is 27.7 Å². The van der Waals surface area contributed by atoms with Gasteiger partial charge in [-0.2, -0.15) is 0 Å². The molecule has 2 heteroatoms.